The minimum Gasteiger partial charge on any atom is -0.343 e. The first kappa shape index (κ1) is 20.9. The summed E-state index contributed by atoms with van der Waals surface area (Å²) in [4.78, 5) is 29.2. The van der Waals surface area contributed by atoms with Crippen molar-refractivity contribution >= 4 is 11.8 Å². The van der Waals surface area contributed by atoms with E-state index in [0.717, 1.165) is 45.4 Å². The summed E-state index contributed by atoms with van der Waals surface area (Å²) >= 11 is 0. The average Bonchev–Trinajstić information content (AvgIpc) is 2.96. The van der Waals surface area contributed by atoms with E-state index in [4.69, 9.17) is 0 Å². The van der Waals surface area contributed by atoms with Gasteiger partial charge in [-0.25, -0.2) is 0 Å². The molecule has 1 aromatic rings. The molecule has 4 nitrogen and oxygen atoms in total. The van der Waals surface area contributed by atoms with E-state index in [1.807, 2.05) is 4.90 Å². The highest BCUT2D eigenvalue weighted by Gasteiger charge is 2.46. The number of hydrogen-bond acceptors (Lipinski definition) is 2. The van der Waals surface area contributed by atoms with Crippen LogP contribution in [0.3, 0.4) is 0 Å². The maximum Gasteiger partial charge on any atom is 0.223 e. The van der Waals surface area contributed by atoms with Crippen LogP contribution in [-0.4, -0.2) is 47.8 Å². The van der Waals surface area contributed by atoms with Gasteiger partial charge in [-0.3, -0.25) is 9.59 Å². The monoisotopic (exact) mass is 384 g/mol. The number of fused-ring (bicyclic) bond motifs is 2. The van der Waals surface area contributed by atoms with Gasteiger partial charge in [0.1, 0.15) is 0 Å². The largest absolute Gasteiger partial charge is 0.343 e. The summed E-state index contributed by atoms with van der Waals surface area (Å²) in [6.07, 6.45) is 4.33. The molecule has 1 fully saturated rings. The fraction of sp³-hybridized carbons (Fsp3) is 0.667. The third kappa shape index (κ3) is 4.11. The summed E-state index contributed by atoms with van der Waals surface area (Å²) in [5.74, 6) is 1.28. The normalized spacial score (nSPS) is 20.5. The SMILES string of the molecule is CCN(CC)C(=O)C[C@H]1CC2(CCN(C(=O)CC(C)C)CC2)c2ccccc21. The van der Waals surface area contributed by atoms with Gasteiger partial charge in [0.2, 0.25) is 11.8 Å². The molecule has 1 saturated heterocycles. The van der Waals surface area contributed by atoms with Crippen LogP contribution in [0.4, 0.5) is 0 Å². The molecule has 154 valence electrons. The summed E-state index contributed by atoms with van der Waals surface area (Å²) in [5, 5.41) is 0. The van der Waals surface area contributed by atoms with E-state index >= 15 is 0 Å². The highest BCUT2D eigenvalue weighted by Crippen LogP contribution is 2.52. The summed E-state index contributed by atoms with van der Waals surface area (Å²) in [6, 6.07) is 8.73. The van der Waals surface area contributed by atoms with Crippen LogP contribution in [-0.2, 0) is 15.0 Å². The van der Waals surface area contributed by atoms with Crippen molar-refractivity contribution in [3.8, 4) is 0 Å². The first-order valence-electron chi connectivity index (χ1n) is 11.0. The van der Waals surface area contributed by atoms with Gasteiger partial charge in [-0.1, -0.05) is 38.1 Å². The third-order valence-electron chi connectivity index (χ3n) is 6.80. The number of rotatable bonds is 6. The van der Waals surface area contributed by atoms with Gasteiger partial charge >= 0.3 is 0 Å². The second kappa shape index (κ2) is 8.67. The van der Waals surface area contributed by atoms with E-state index in [-0.39, 0.29) is 11.3 Å². The summed E-state index contributed by atoms with van der Waals surface area (Å²) in [5.41, 5.74) is 2.94. The van der Waals surface area contributed by atoms with Crippen molar-refractivity contribution in [3.63, 3.8) is 0 Å². The molecule has 1 aromatic carbocycles. The van der Waals surface area contributed by atoms with Crippen LogP contribution < -0.4 is 0 Å². The summed E-state index contributed by atoms with van der Waals surface area (Å²) in [6.45, 7) is 11.6. The maximum absolute atomic E-state index is 12.8. The molecule has 1 aliphatic carbocycles. The molecule has 28 heavy (non-hydrogen) atoms. The Balaban J connectivity index is 1.74. The highest BCUT2D eigenvalue weighted by atomic mass is 16.2. The molecular weight excluding hydrogens is 348 g/mol. The molecule has 0 N–H and O–H groups in total. The van der Waals surface area contributed by atoms with Crippen molar-refractivity contribution in [1.82, 2.24) is 9.80 Å². The fourth-order valence-corrected chi connectivity index (χ4v) is 5.26. The van der Waals surface area contributed by atoms with Gasteiger partial charge in [0.05, 0.1) is 0 Å². The molecule has 2 aliphatic rings. The summed E-state index contributed by atoms with van der Waals surface area (Å²) in [7, 11) is 0. The van der Waals surface area contributed by atoms with Crippen LogP contribution in [0.15, 0.2) is 24.3 Å². The highest BCUT2D eigenvalue weighted by molar-refractivity contribution is 5.78. The van der Waals surface area contributed by atoms with E-state index in [1.54, 1.807) is 0 Å². The van der Waals surface area contributed by atoms with E-state index in [9.17, 15) is 9.59 Å². The minimum absolute atomic E-state index is 0.138. The lowest BCUT2D eigenvalue weighted by atomic mass is 9.73. The predicted octanol–water partition coefficient (Wildman–Crippen LogP) is 4.34. The molecule has 0 saturated carbocycles. The van der Waals surface area contributed by atoms with Crippen LogP contribution in [0, 0.1) is 5.92 Å². The van der Waals surface area contributed by atoms with Crippen LogP contribution in [0.5, 0.6) is 0 Å². The van der Waals surface area contributed by atoms with E-state index in [2.05, 4.69) is 56.9 Å². The molecule has 2 amide bonds. The van der Waals surface area contributed by atoms with Crippen molar-refractivity contribution in [3.05, 3.63) is 35.4 Å². The second-order valence-electron chi connectivity index (χ2n) is 9.02. The third-order valence-corrected chi connectivity index (χ3v) is 6.80. The Labute approximate surface area is 170 Å². The van der Waals surface area contributed by atoms with Crippen LogP contribution in [0.2, 0.25) is 0 Å². The lowest BCUT2D eigenvalue weighted by molar-refractivity contribution is -0.133. The number of hydrogen-bond donors (Lipinski definition) is 0. The van der Waals surface area contributed by atoms with Crippen molar-refractivity contribution in [1.29, 1.82) is 0 Å². The molecular formula is C24H36N2O2. The number of likely N-dealkylation sites (tertiary alicyclic amines) is 1. The molecule has 0 bridgehead atoms. The lowest BCUT2D eigenvalue weighted by Crippen LogP contribution is -2.44. The van der Waals surface area contributed by atoms with Crippen molar-refractivity contribution in [2.45, 2.75) is 71.1 Å². The Morgan fingerprint density at radius 3 is 2.39 bits per heavy atom. The van der Waals surface area contributed by atoms with Gasteiger partial charge < -0.3 is 9.80 Å². The topological polar surface area (TPSA) is 40.6 Å². The fourth-order valence-electron chi connectivity index (χ4n) is 5.26. The smallest absolute Gasteiger partial charge is 0.223 e. The van der Waals surface area contributed by atoms with Gasteiger partial charge in [0.25, 0.3) is 0 Å². The van der Waals surface area contributed by atoms with Gasteiger partial charge in [-0.15, -0.1) is 0 Å². The molecule has 3 rings (SSSR count). The number of carbonyl (C=O) groups is 2. The number of benzene rings is 1. The maximum atomic E-state index is 12.8. The number of piperidine rings is 1. The molecule has 0 unspecified atom stereocenters. The quantitative estimate of drug-likeness (QED) is 0.732. The van der Waals surface area contributed by atoms with E-state index in [1.165, 1.54) is 11.1 Å². The number of amides is 2. The molecule has 1 heterocycles. The van der Waals surface area contributed by atoms with Crippen molar-refractivity contribution in [2.75, 3.05) is 26.2 Å². The first-order chi connectivity index (χ1) is 13.4. The van der Waals surface area contributed by atoms with Gasteiger partial charge in [-0.2, -0.15) is 0 Å². The Hall–Kier alpha value is -1.84. The Bertz CT molecular complexity index is 700. The van der Waals surface area contributed by atoms with Crippen LogP contribution >= 0.6 is 0 Å². The molecule has 1 spiro atoms. The van der Waals surface area contributed by atoms with E-state index < -0.39 is 0 Å². The van der Waals surface area contributed by atoms with Crippen LogP contribution in [0.25, 0.3) is 0 Å². The molecule has 1 aliphatic heterocycles. The molecule has 0 aromatic heterocycles. The Morgan fingerprint density at radius 2 is 1.79 bits per heavy atom. The van der Waals surface area contributed by atoms with E-state index in [0.29, 0.717) is 30.6 Å². The van der Waals surface area contributed by atoms with Gasteiger partial charge in [0.15, 0.2) is 0 Å². The van der Waals surface area contributed by atoms with Gasteiger partial charge in [-0.05, 0) is 61.5 Å². The Kier molecular flexibility index (Phi) is 6.47. The van der Waals surface area contributed by atoms with Crippen molar-refractivity contribution in [2.24, 2.45) is 5.92 Å². The van der Waals surface area contributed by atoms with Crippen molar-refractivity contribution < 1.29 is 9.59 Å². The Morgan fingerprint density at radius 1 is 1.14 bits per heavy atom. The zero-order valence-electron chi connectivity index (χ0n) is 18.0. The lowest BCUT2D eigenvalue weighted by Gasteiger charge is -2.40. The molecule has 4 heteroatoms. The standard InChI is InChI=1S/C24H36N2O2/c1-5-25(6-2)23(28)16-19-17-24(21-10-8-7-9-20(19)21)11-13-26(14-12-24)22(27)15-18(3)4/h7-10,18-19H,5-6,11-17H2,1-4H3/t19-/m0/s1. The average molecular weight is 385 g/mol. The zero-order valence-corrected chi connectivity index (χ0v) is 18.0. The predicted molar refractivity (Wildman–Crippen MR) is 113 cm³/mol. The number of carbonyl (C=O) groups excluding carboxylic acids is 2. The second-order valence-corrected chi connectivity index (χ2v) is 9.02. The minimum atomic E-state index is 0.138. The zero-order chi connectivity index (χ0) is 20.3. The summed E-state index contributed by atoms with van der Waals surface area (Å²) < 4.78 is 0. The van der Waals surface area contributed by atoms with Crippen LogP contribution in [0.1, 0.15) is 76.8 Å². The number of nitrogens with zero attached hydrogens (tertiary/aromatic N) is 2. The molecule has 1 atom stereocenters. The van der Waals surface area contributed by atoms with Gasteiger partial charge in [0, 0.05) is 39.0 Å². The first-order valence-corrected chi connectivity index (χ1v) is 11.0. The molecule has 0 radical (unpaired) electrons.